The fourth-order valence-corrected chi connectivity index (χ4v) is 2.70. The van der Waals surface area contributed by atoms with Gasteiger partial charge in [-0.05, 0) is 37.1 Å². The molecular weight excluding hydrogens is 295 g/mol. The molecular formula is C17H19FN4O. The van der Waals surface area contributed by atoms with Crippen LogP contribution in [0.3, 0.4) is 0 Å². The molecule has 0 aliphatic heterocycles. The number of benzene rings is 1. The second kappa shape index (κ2) is 7.17. The molecule has 3 rings (SSSR count). The number of nitrogens with one attached hydrogen (secondary N) is 2. The summed E-state index contributed by atoms with van der Waals surface area (Å²) < 4.78 is 12.9. The molecule has 0 radical (unpaired) electrons. The van der Waals surface area contributed by atoms with E-state index in [4.69, 9.17) is 0 Å². The first-order valence-corrected chi connectivity index (χ1v) is 7.86. The van der Waals surface area contributed by atoms with Crippen LogP contribution in [0.25, 0.3) is 0 Å². The molecule has 0 saturated heterocycles. The van der Waals surface area contributed by atoms with Crippen molar-refractivity contribution in [2.75, 3.05) is 5.32 Å². The van der Waals surface area contributed by atoms with Crippen LogP contribution in [-0.2, 0) is 0 Å². The average molecular weight is 314 g/mol. The van der Waals surface area contributed by atoms with Gasteiger partial charge in [-0.2, -0.15) is 0 Å². The number of halogens is 1. The molecule has 2 aromatic rings. The van der Waals surface area contributed by atoms with Gasteiger partial charge in [-0.15, -0.1) is 0 Å². The fraction of sp³-hybridized carbons (Fsp3) is 0.353. The van der Waals surface area contributed by atoms with E-state index in [1.165, 1.54) is 30.9 Å². The average Bonchev–Trinajstić information content (AvgIpc) is 2.58. The van der Waals surface area contributed by atoms with E-state index in [2.05, 4.69) is 20.6 Å². The van der Waals surface area contributed by atoms with E-state index in [0.717, 1.165) is 25.7 Å². The zero-order chi connectivity index (χ0) is 16.1. The normalized spacial score (nSPS) is 15.2. The van der Waals surface area contributed by atoms with Crippen molar-refractivity contribution in [1.29, 1.82) is 0 Å². The van der Waals surface area contributed by atoms with Gasteiger partial charge < -0.3 is 10.6 Å². The number of aromatic nitrogens is 2. The first kappa shape index (κ1) is 15.4. The number of nitrogens with zero attached hydrogens (tertiary/aromatic N) is 2. The molecule has 23 heavy (non-hydrogen) atoms. The number of rotatable bonds is 4. The van der Waals surface area contributed by atoms with Gasteiger partial charge in [0, 0.05) is 11.7 Å². The number of anilines is 2. The number of carbonyl (C=O) groups excluding carboxylic acids is 1. The molecule has 1 aliphatic carbocycles. The zero-order valence-corrected chi connectivity index (χ0v) is 12.8. The van der Waals surface area contributed by atoms with Gasteiger partial charge >= 0.3 is 0 Å². The molecule has 0 bridgehead atoms. The maximum atomic E-state index is 12.9. The third kappa shape index (κ3) is 4.25. The Balaban J connectivity index is 1.59. The smallest absolute Gasteiger partial charge is 0.271 e. The van der Waals surface area contributed by atoms with E-state index in [0.29, 0.717) is 17.2 Å². The number of amides is 1. The molecule has 1 aromatic heterocycles. The molecule has 120 valence electrons. The Morgan fingerprint density at radius 1 is 1.04 bits per heavy atom. The van der Waals surface area contributed by atoms with Crippen molar-refractivity contribution in [2.24, 2.45) is 0 Å². The van der Waals surface area contributed by atoms with Gasteiger partial charge in [0.25, 0.3) is 5.91 Å². The van der Waals surface area contributed by atoms with Crippen LogP contribution in [0.2, 0.25) is 0 Å². The number of hydrogen-bond donors (Lipinski definition) is 2. The summed E-state index contributed by atoms with van der Waals surface area (Å²) in [4.78, 5) is 20.5. The lowest BCUT2D eigenvalue weighted by Crippen LogP contribution is -2.36. The molecule has 1 aliphatic rings. The van der Waals surface area contributed by atoms with E-state index >= 15 is 0 Å². The van der Waals surface area contributed by atoms with Gasteiger partial charge in [-0.3, -0.25) is 4.79 Å². The summed E-state index contributed by atoms with van der Waals surface area (Å²) in [6.45, 7) is 0. The number of hydrogen-bond acceptors (Lipinski definition) is 4. The largest absolute Gasteiger partial charge is 0.348 e. The first-order chi connectivity index (χ1) is 11.2. The molecule has 5 nitrogen and oxygen atoms in total. The third-order valence-corrected chi connectivity index (χ3v) is 3.94. The van der Waals surface area contributed by atoms with E-state index in [1.807, 2.05) is 0 Å². The maximum Gasteiger partial charge on any atom is 0.271 e. The highest BCUT2D eigenvalue weighted by Gasteiger charge is 2.17. The Kier molecular flexibility index (Phi) is 4.80. The van der Waals surface area contributed by atoms with E-state index in [-0.39, 0.29) is 17.8 Å². The van der Waals surface area contributed by atoms with Crippen LogP contribution in [0.4, 0.5) is 15.9 Å². The predicted molar refractivity (Wildman–Crippen MR) is 86.1 cm³/mol. The van der Waals surface area contributed by atoms with Crippen LogP contribution in [0.5, 0.6) is 0 Å². The third-order valence-electron chi connectivity index (χ3n) is 3.94. The SMILES string of the molecule is O=C(NC1CCCCC1)c1cnc(Nc2ccc(F)cc2)cn1. The molecule has 1 fully saturated rings. The highest BCUT2D eigenvalue weighted by Crippen LogP contribution is 2.18. The summed E-state index contributed by atoms with van der Waals surface area (Å²) in [6, 6.07) is 6.19. The minimum absolute atomic E-state index is 0.183. The van der Waals surface area contributed by atoms with Gasteiger partial charge in [-0.25, -0.2) is 14.4 Å². The summed E-state index contributed by atoms with van der Waals surface area (Å²) >= 11 is 0. The highest BCUT2D eigenvalue weighted by molar-refractivity contribution is 5.92. The van der Waals surface area contributed by atoms with Crippen LogP contribution in [0.15, 0.2) is 36.7 Å². The van der Waals surface area contributed by atoms with Crippen molar-refractivity contribution in [3.8, 4) is 0 Å². The van der Waals surface area contributed by atoms with Crippen LogP contribution in [0, 0.1) is 5.82 Å². The quantitative estimate of drug-likeness (QED) is 0.907. The second-order valence-electron chi connectivity index (χ2n) is 5.73. The second-order valence-corrected chi connectivity index (χ2v) is 5.73. The van der Waals surface area contributed by atoms with Gasteiger partial charge in [0.1, 0.15) is 17.3 Å². The van der Waals surface area contributed by atoms with Crippen LogP contribution < -0.4 is 10.6 Å². The Labute approximate surface area is 134 Å². The minimum Gasteiger partial charge on any atom is -0.348 e. The summed E-state index contributed by atoms with van der Waals surface area (Å²) in [5.41, 5.74) is 1.01. The highest BCUT2D eigenvalue weighted by atomic mass is 19.1. The summed E-state index contributed by atoms with van der Waals surface area (Å²) in [6.07, 6.45) is 8.58. The van der Waals surface area contributed by atoms with Crippen molar-refractivity contribution >= 4 is 17.4 Å². The molecule has 6 heteroatoms. The van der Waals surface area contributed by atoms with E-state index < -0.39 is 0 Å². The van der Waals surface area contributed by atoms with Crippen molar-refractivity contribution in [2.45, 2.75) is 38.1 Å². The maximum absolute atomic E-state index is 12.9. The lowest BCUT2D eigenvalue weighted by atomic mass is 9.95. The minimum atomic E-state index is -0.295. The zero-order valence-electron chi connectivity index (χ0n) is 12.8. The topological polar surface area (TPSA) is 66.9 Å². The van der Waals surface area contributed by atoms with Crippen molar-refractivity contribution in [3.05, 3.63) is 48.2 Å². The van der Waals surface area contributed by atoms with Gasteiger partial charge in [0.05, 0.1) is 12.4 Å². The van der Waals surface area contributed by atoms with Crippen molar-refractivity contribution < 1.29 is 9.18 Å². The summed E-state index contributed by atoms with van der Waals surface area (Å²) in [5.74, 6) is 0.0277. The molecule has 1 amide bonds. The molecule has 1 aromatic carbocycles. The molecule has 1 saturated carbocycles. The van der Waals surface area contributed by atoms with E-state index in [9.17, 15) is 9.18 Å². The molecule has 0 atom stereocenters. The van der Waals surface area contributed by atoms with E-state index in [1.54, 1.807) is 12.1 Å². The van der Waals surface area contributed by atoms with Gasteiger partial charge in [0.15, 0.2) is 0 Å². The van der Waals surface area contributed by atoms with Crippen LogP contribution in [-0.4, -0.2) is 21.9 Å². The van der Waals surface area contributed by atoms with Crippen LogP contribution in [0.1, 0.15) is 42.6 Å². The van der Waals surface area contributed by atoms with Crippen LogP contribution >= 0.6 is 0 Å². The van der Waals surface area contributed by atoms with Crippen molar-refractivity contribution in [1.82, 2.24) is 15.3 Å². The van der Waals surface area contributed by atoms with Gasteiger partial charge in [-0.1, -0.05) is 19.3 Å². The number of carbonyl (C=O) groups is 1. The standard InChI is InChI=1S/C17H19FN4O/c18-12-6-8-14(9-7-12)21-16-11-19-15(10-20-16)17(23)22-13-4-2-1-3-5-13/h6-11,13H,1-5H2,(H,20,21)(H,22,23). The Hall–Kier alpha value is -2.50. The summed E-state index contributed by atoms with van der Waals surface area (Å²) in [5, 5.41) is 6.01. The Morgan fingerprint density at radius 3 is 2.43 bits per heavy atom. The van der Waals surface area contributed by atoms with Crippen molar-refractivity contribution in [3.63, 3.8) is 0 Å². The molecule has 2 N–H and O–H groups in total. The molecule has 0 spiro atoms. The van der Waals surface area contributed by atoms with Gasteiger partial charge in [0.2, 0.25) is 0 Å². The fourth-order valence-electron chi connectivity index (χ4n) is 2.70. The monoisotopic (exact) mass is 314 g/mol. The Morgan fingerprint density at radius 2 is 1.78 bits per heavy atom. The predicted octanol–water partition coefficient (Wildman–Crippen LogP) is 3.42. The first-order valence-electron chi connectivity index (χ1n) is 7.86. The summed E-state index contributed by atoms with van der Waals surface area (Å²) in [7, 11) is 0. The molecule has 1 heterocycles. The Bertz CT molecular complexity index is 651. The lowest BCUT2D eigenvalue weighted by Gasteiger charge is -2.22. The molecule has 0 unspecified atom stereocenters. The lowest BCUT2D eigenvalue weighted by molar-refractivity contribution is 0.0922.